The van der Waals surface area contributed by atoms with Gasteiger partial charge in [-0.15, -0.1) is 0 Å². The fraction of sp³-hybridized carbons (Fsp3) is 0.893. The molecular weight excluding hydrogens is 847 g/mol. The Hall–Kier alpha value is -2.46. The van der Waals surface area contributed by atoms with E-state index in [1.54, 1.807) is 0 Å². The number of rotatable bonds is 6. The molecular formula is C28H31F21O7. The Labute approximate surface area is 300 Å². The fourth-order valence-corrected chi connectivity index (χ4v) is 6.30. The molecule has 7 nitrogen and oxygen atoms in total. The number of alkyl halides is 21. The molecule has 0 bridgehead atoms. The van der Waals surface area contributed by atoms with Crippen LogP contribution < -0.4 is 0 Å². The lowest BCUT2D eigenvalue weighted by Crippen LogP contribution is -2.64. The minimum Gasteiger partial charge on any atom is -0.459 e. The monoisotopic (exact) mass is 878 g/mol. The van der Waals surface area contributed by atoms with Crippen LogP contribution in [0.15, 0.2) is 12.2 Å². The van der Waals surface area contributed by atoms with Gasteiger partial charge in [-0.1, -0.05) is 6.58 Å². The summed E-state index contributed by atoms with van der Waals surface area (Å²) < 4.78 is 276. The second-order valence-corrected chi connectivity index (χ2v) is 13.7. The second kappa shape index (κ2) is 15.6. The van der Waals surface area contributed by atoms with Gasteiger partial charge >= 0.3 is 49.2 Å². The van der Waals surface area contributed by atoms with Gasteiger partial charge in [-0.05, 0) is 58.3 Å². The van der Waals surface area contributed by atoms with Crippen LogP contribution in [0, 0.1) is 23.7 Å². The van der Waals surface area contributed by atoms with Crippen LogP contribution in [0.1, 0.15) is 52.4 Å². The summed E-state index contributed by atoms with van der Waals surface area (Å²) in [4.78, 5) is 11.5. The molecule has 0 spiro atoms. The zero-order chi connectivity index (χ0) is 45.1. The molecule has 0 aromatic rings. The maximum atomic E-state index is 13.2. The van der Waals surface area contributed by atoms with Crippen molar-refractivity contribution >= 4 is 5.97 Å². The normalized spacial score (nSPS) is 27.6. The molecule has 8 atom stereocenters. The quantitative estimate of drug-likeness (QED) is 0.106. The molecule has 0 aromatic heterocycles. The third-order valence-corrected chi connectivity index (χ3v) is 9.86. The number of aliphatic hydroxyl groups is 5. The third kappa shape index (κ3) is 10.2. The van der Waals surface area contributed by atoms with Crippen molar-refractivity contribution in [3.63, 3.8) is 0 Å². The Morgan fingerprint density at radius 2 is 0.750 bits per heavy atom. The molecule has 0 saturated heterocycles. The van der Waals surface area contributed by atoms with Crippen LogP contribution in [-0.4, -0.2) is 109 Å². The van der Waals surface area contributed by atoms with Crippen molar-refractivity contribution in [3.8, 4) is 0 Å². The lowest BCUT2D eigenvalue weighted by molar-refractivity contribution is -0.392. The Kier molecular flexibility index (Phi) is 14.4. The summed E-state index contributed by atoms with van der Waals surface area (Å²) in [7, 11) is 0. The summed E-state index contributed by atoms with van der Waals surface area (Å²) in [6.07, 6.45) is -54.1. The van der Waals surface area contributed by atoms with Gasteiger partial charge in [-0.2, -0.15) is 92.2 Å². The highest BCUT2D eigenvalue weighted by atomic mass is 19.4. The van der Waals surface area contributed by atoms with Gasteiger partial charge < -0.3 is 30.3 Å². The third-order valence-electron chi connectivity index (χ3n) is 9.86. The summed E-state index contributed by atoms with van der Waals surface area (Å²) in [5, 5.41) is 47.5. The molecule has 332 valence electrons. The Balaban J connectivity index is 0.000000583. The highest BCUT2D eigenvalue weighted by Gasteiger charge is 2.76. The average molecular weight is 879 g/mol. The number of esters is 1. The first-order chi connectivity index (χ1) is 24.2. The van der Waals surface area contributed by atoms with E-state index in [0.29, 0.717) is 0 Å². The van der Waals surface area contributed by atoms with Crippen LogP contribution in [0.2, 0.25) is 0 Å². The van der Waals surface area contributed by atoms with Gasteiger partial charge in [-0.25, -0.2) is 4.79 Å². The molecule has 56 heavy (non-hydrogen) atoms. The van der Waals surface area contributed by atoms with Gasteiger partial charge in [0.25, 0.3) is 11.2 Å². The molecule has 2 aliphatic carbocycles. The Morgan fingerprint density at radius 1 is 0.482 bits per heavy atom. The molecule has 0 aliphatic heterocycles. The van der Waals surface area contributed by atoms with E-state index in [1.807, 2.05) is 0 Å². The van der Waals surface area contributed by atoms with E-state index < -0.39 is 152 Å². The summed E-state index contributed by atoms with van der Waals surface area (Å²) in [5.74, 6) is -13.0. The highest BCUT2D eigenvalue weighted by molar-refractivity contribution is 5.89. The number of halogens is 21. The van der Waals surface area contributed by atoms with Gasteiger partial charge in [0.2, 0.25) is 0 Å². The average Bonchev–Trinajstić information content (AvgIpc) is 2.95. The first kappa shape index (κ1) is 51.6. The lowest BCUT2D eigenvalue weighted by atomic mass is 9.66. The number of hydrogen-bond acceptors (Lipinski definition) is 7. The van der Waals surface area contributed by atoms with Crippen LogP contribution in [0.4, 0.5) is 92.2 Å². The van der Waals surface area contributed by atoms with Crippen molar-refractivity contribution < 1.29 is 127 Å². The molecule has 0 aromatic carbocycles. The smallest absolute Gasteiger partial charge is 0.426 e. The summed E-state index contributed by atoms with van der Waals surface area (Å²) in [6.45, 7) is 2.53. The van der Waals surface area contributed by atoms with E-state index in [1.165, 1.54) is 0 Å². The summed E-state index contributed by atoms with van der Waals surface area (Å²) in [6, 6.07) is 0. The van der Waals surface area contributed by atoms with E-state index in [0.717, 1.165) is 0 Å². The molecule has 0 radical (unpaired) electrons. The number of carbonyl (C=O) groups excluding carboxylic acids is 1. The molecule has 2 saturated carbocycles. The Morgan fingerprint density at radius 3 is 1.04 bits per heavy atom. The van der Waals surface area contributed by atoms with Crippen molar-refractivity contribution in [2.45, 2.75) is 130 Å². The number of aliphatic hydroxyl groups excluding tert-OH is 1. The molecule has 8 unspecified atom stereocenters. The predicted molar refractivity (Wildman–Crippen MR) is 140 cm³/mol. The maximum Gasteiger partial charge on any atom is 0.426 e. The van der Waals surface area contributed by atoms with Crippen LogP contribution in [-0.2, 0) is 9.53 Å². The van der Waals surface area contributed by atoms with Gasteiger partial charge in [0.1, 0.15) is 11.7 Å². The second-order valence-electron chi connectivity index (χ2n) is 13.7. The van der Waals surface area contributed by atoms with E-state index in [9.17, 15) is 123 Å². The SMILES string of the molecule is C=C(C(=O)OC1CC(C(C)(O)C(F)(F)F)CC(C(O)(C(F)(F)F)C(F)(F)F)C1)C(F)(F)F.CC(O)(C1CC(O)CC(C(O)(C(F)(F)F)C(F)(F)F)C1)C(F)(F)F. The number of carbonyl (C=O) groups is 1. The van der Waals surface area contributed by atoms with E-state index in [-0.39, 0.29) is 13.8 Å². The minimum atomic E-state index is -6.48. The summed E-state index contributed by atoms with van der Waals surface area (Å²) >= 11 is 0. The van der Waals surface area contributed by atoms with Crippen LogP contribution >= 0.6 is 0 Å². The van der Waals surface area contributed by atoms with Crippen molar-refractivity contribution in [1.29, 1.82) is 0 Å². The number of ether oxygens (including phenoxy) is 1. The first-order valence-corrected chi connectivity index (χ1v) is 15.2. The number of hydrogen-bond donors (Lipinski definition) is 5. The van der Waals surface area contributed by atoms with Crippen molar-refractivity contribution in [2.75, 3.05) is 0 Å². The molecule has 2 aliphatic rings. The zero-order valence-corrected chi connectivity index (χ0v) is 27.9. The van der Waals surface area contributed by atoms with Gasteiger partial charge in [-0.3, -0.25) is 0 Å². The van der Waals surface area contributed by atoms with Crippen LogP contribution in [0.5, 0.6) is 0 Å². The fourth-order valence-electron chi connectivity index (χ4n) is 6.30. The Bertz CT molecular complexity index is 1340. The molecule has 2 fully saturated rings. The van der Waals surface area contributed by atoms with Gasteiger partial charge in [0.05, 0.1) is 6.10 Å². The first-order valence-electron chi connectivity index (χ1n) is 15.2. The lowest BCUT2D eigenvalue weighted by Gasteiger charge is -2.47. The maximum absolute atomic E-state index is 13.2. The topological polar surface area (TPSA) is 127 Å². The predicted octanol–water partition coefficient (Wildman–Crippen LogP) is 7.53. The standard InChI is InChI=1S/C16H16F12O4.C12H15F9O3/c1-6(13(17,18)19)10(29)32-9-4-7(11(2,30)14(20,21)22)3-8(5-9)12(31,15(23,24)25)16(26,27)28;1-8(23,10(13,14)15)5-2-6(4-7(22)3-5)9(24,11(16,17)18)12(19,20)21/h7-9,30-31H,1,3-5H2,2H3;5-7,22-24H,2-4H2,1H3. The van der Waals surface area contributed by atoms with E-state index in [2.05, 4.69) is 11.3 Å². The van der Waals surface area contributed by atoms with Gasteiger partial charge in [0.15, 0.2) is 11.2 Å². The van der Waals surface area contributed by atoms with E-state index in [4.69, 9.17) is 0 Å². The van der Waals surface area contributed by atoms with Crippen molar-refractivity contribution in [1.82, 2.24) is 0 Å². The van der Waals surface area contributed by atoms with Crippen molar-refractivity contribution in [3.05, 3.63) is 12.2 Å². The molecule has 28 heteroatoms. The molecule has 0 amide bonds. The highest BCUT2D eigenvalue weighted by Crippen LogP contribution is 2.57. The largest absolute Gasteiger partial charge is 0.459 e. The summed E-state index contributed by atoms with van der Waals surface area (Å²) in [5.41, 5.74) is -20.7. The van der Waals surface area contributed by atoms with E-state index >= 15 is 0 Å². The zero-order valence-electron chi connectivity index (χ0n) is 27.9. The van der Waals surface area contributed by atoms with Crippen LogP contribution in [0.25, 0.3) is 0 Å². The van der Waals surface area contributed by atoms with Crippen molar-refractivity contribution in [2.24, 2.45) is 23.7 Å². The molecule has 5 N–H and O–H groups in total. The van der Waals surface area contributed by atoms with Crippen LogP contribution in [0.3, 0.4) is 0 Å². The molecule has 2 rings (SSSR count). The minimum absolute atomic E-state index is 0.0216. The van der Waals surface area contributed by atoms with Gasteiger partial charge in [0, 0.05) is 17.8 Å². The molecule has 0 heterocycles.